The zero-order valence-electron chi connectivity index (χ0n) is 10.3. The van der Waals surface area contributed by atoms with Crippen molar-refractivity contribution < 1.29 is 8.78 Å². The summed E-state index contributed by atoms with van der Waals surface area (Å²) < 4.78 is 27.8. The van der Waals surface area contributed by atoms with Gasteiger partial charge < -0.3 is 9.88 Å². The Balaban J connectivity index is 2.18. The zero-order valence-corrected chi connectivity index (χ0v) is 10.3. The predicted molar refractivity (Wildman–Crippen MR) is 65.5 cm³/mol. The molecule has 2 aromatic rings. The number of nitrogens with zero attached hydrogens (tertiary/aromatic N) is 2. The highest BCUT2D eigenvalue weighted by atomic mass is 19.1. The summed E-state index contributed by atoms with van der Waals surface area (Å²) in [4.78, 5) is 4.18. The van der Waals surface area contributed by atoms with Crippen LogP contribution in [-0.2, 0) is 6.54 Å². The summed E-state index contributed by atoms with van der Waals surface area (Å²) in [6, 6.07) is 3.75. The molecule has 0 atom stereocenters. The van der Waals surface area contributed by atoms with Gasteiger partial charge in [0.15, 0.2) is 0 Å². The van der Waals surface area contributed by atoms with Gasteiger partial charge in [-0.25, -0.2) is 13.8 Å². The molecule has 0 spiro atoms. The van der Waals surface area contributed by atoms with Gasteiger partial charge in [-0.15, -0.1) is 0 Å². The number of nitrogens with one attached hydrogen (secondary N) is 1. The normalized spacial score (nSPS) is 11.2. The summed E-state index contributed by atoms with van der Waals surface area (Å²) in [5, 5.41) is 3.23. The molecule has 0 aliphatic heterocycles. The van der Waals surface area contributed by atoms with Crippen molar-refractivity contribution in [3.05, 3.63) is 48.1 Å². The van der Waals surface area contributed by atoms with Gasteiger partial charge in [0, 0.05) is 24.8 Å². The predicted octanol–water partition coefficient (Wildman–Crippen LogP) is 2.65. The standard InChI is InChI=1S/C13H15F2N3/c1-9(2)16-6-12-7-18(8-17-12)13-4-10(14)3-11(15)5-13/h3-5,7-9,16H,6H2,1-2H3. The van der Waals surface area contributed by atoms with Gasteiger partial charge >= 0.3 is 0 Å². The van der Waals surface area contributed by atoms with E-state index in [0.29, 0.717) is 18.3 Å². The maximum atomic E-state index is 13.1. The van der Waals surface area contributed by atoms with E-state index in [1.165, 1.54) is 12.1 Å². The molecule has 0 amide bonds. The third-order valence-electron chi connectivity index (χ3n) is 2.47. The van der Waals surface area contributed by atoms with Crippen molar-refractivity contribution in [1.29, 1.82) is 0 Å². The SMILES string of the molecule is CC(C)NCc1cn(-c2cc(F)cc(F)c2)cn1. The molecule has 3 nitrogen and oxygen atoms in total. The number of hydrogen-bond donors (Lipinski definition) is 1. The lowest BCUT2D eigenvalue weighted by Gasteiger charge is -2.05. The molecule has 5 heteroatoms. The van der Waals surface area contributed by atoms with E-state index in [-0.39, 0.29) is 0 Å². The van der Waals surface area contributed by atoms with Crippen LogP contribution >= 0.6 is 0 Å². The molecule has 1 aromatic carbocycles. The van der Waals surface area contributed by atoms with Crippen LogP contribution in [0.3, 0.4) is 0 Å². The van der Waals surface area contributed by atoms with Crippen molar-refractivity contribution in [3.63, 3.8) is 0 Å². The van der Waals surface area contributed by atoms with E-state index in [9.17, 15) is 8.78 Å². The minimum atomic E-state index is -0.597. The second-order valence-corrected chi connectivity index (χ2v) is 4.44. The highest BCUT2D eigenvalue weighted by Crippen LogP contribution is 2.13. The molecular formula is C13H15F2N3. The van der Waals surface area contributed by atoms with Crippen LogP contribution in [0, 0.1) is 11.6 Å². The molecule has 2 rings (SSSR count). The molecule has 0 radical (unpaired) electrons. The van der Waals surface area contributed by atoms with E-state index in [0.717, 1.165) is 11.8 Å². The average Bonchev–Trinajstić information content (AvgIpc) is 2.73. The van der Waals surface area contributed by atoms with E-state index in [1.807, 2.05) is 13.8 Å². The quantitative estimate of drug-likeness (QED) is 0.905. The molecule has 18 heavy (non-hydrogen) atoms. The molecule has 96 valence electrons. The molecule has 0 aliphatic rings. The van der Waals surface area contributed by atoms with Crippen LogP contribution in [0.15, 0.2) is 30.7 Å². The lowest BCUT2D eigenvalue weighted by Crippen LogP contribution is -2.21. The topological polar surface area (TPSA) is 29.9 Å². The van der Waals surface area contributed by atoms with Gasteiger partial charge in [-0.3, -0.25) is 0 Å². The van der Waals surface area contributed by atoms with Gasteiger partial charge in [-0.2, -0.15) is 0 Å². The number of rotatable bonds is 4. The van der Waals surface area contributed by atoms with Gasteiger partial charge in [0.05, 0.1) is 17.7 Å². The van der Waals surface area contributed by atoms with Gasteiger partial charge in [0.2, 0.25) is 0 Å². The minimum absolute atomic E-state index is 0.363. The van der Waals surface area contributed by atoms with Gasteiger partial charge in [0.25, 0.3) is 0 Å². The van der Waals surface area contributed by atoms with Crippen LogP contribution in [0.2, 0.25) is 0 Å². The third kappa shape index (κ3) is 3.13. The Kier molecular flexibility index (Phi) is 3.72. The second-order valence-electron chi connectivity index (χ2n) is 4.44. The van der Waals surface area contributed by atoms with Crippen LogP contribution in [0.25, 0.3) is 5.69 Å². The first-order valence-electron chi connectivity index (χ1n) is 5.77. The first kappa shape index (κ1) is 12.7. The van der Waals surface area contributed by atoms with Gasteiger partial charge in [-0.1, -0.05) is 13.8 Å². The Bertz CT molecular complexity index is 515. The van der Waals surface area contributed by atoms with Gasteiger partial charge in [-0.05, 0) is 12.1 Å². The summed E-state index contributed by atoms with van der Waals surface area (Å²) in [5.41, 5.74) is 1.25. The highest BCUT2D eigenvalue weighted by Gasteiger charge is 2.05. The van der Waals surface area contributed by atoms with E-state index in [1.54, 1.807) is 17.1 Å². The maximum absolute atomic E-state index is 13.1. The molecule has 1 N–H and O–H groups in total. The minimum Gasteiger partial charge on any atom is -0.309 e. The zero-order chi connectivity index (χ0) is 13.1. The summed E-state index contributed by atoms with van der Waals surface area (Å²) in [6.07, 6.45) is 3.30. The molecule has 1 aromatic heterocycles. The first-order chi connectivity index (χ1) is 8.54. The molecule has 0 fully saturated rings. The smallest absolute Gasteiger partial charge is 0.128 e. The van der Waals surface area contributed by atoms with E-state index in [2.05, 4.69) is 10.3 Å². The van der Waals surface area contributed by atoms with Crippen LogP contribution in [0.1, 0.15) is 19.5 Å². The Labute approximate surface area is 104 Å². The van der Waals surface area contributed by atoms with Gasteiger partial charge in [0.1, 0.15) is 11.6 Å². The fraction of sp³-hybridized carbons (Fsp3) is 0.308. The third-order valence-corrected chi connectivity index (χ3v) is 2.47. The molecule has 1 heterocycles. The average molecular weight is 251 g/mol. The second kappa shape index (κ2) is 5.27. The van der Waals surface area contributed by atoms with Crippen molar-refractivity contribution in [3.8, 4) is 5.69 Å². The molecule has 0 saturated carbocycles. The number of halogens is 2. The lowest BCUT2D eigenvalue weighted by molar-refractivity contribution is 0.581. The number of imidazole rings is 1. The van der Waals surface area contributed by atoms with Crippen molar-refractivity contribution in [2.24, 2.45) is 0 Å². The van der Waals surface area contributed by atoms with E-state index >= 15 is 0 Å². The summed E-state index contributed by atoms with van der Waals surface area (Å²) in [5.74, 6) is -1.19. The van der Waals surface area contributed by atoms with Crippen LogP contribution < -0.4 is 5.32 Å². The molecular weight excluding hydrogens is 236 g/mol. The highest BCUT2D eigenvalue weighted by molar-refractivity contribution is 5.33. The van der Waals surface area contributed by atoms with Crippen molar-refractivity contribution >= 4 is 0 Å². The number of benzene rings is 1. The largest absolute Gasteiger partial charge is 0.309 e. The number of aromatic nitrogens is 2. The van der Waals surface area contributed by atoms with Crippen molar-refractivity contribution in [1.82, 2.24) is 14.9 Å². The summed E-state index contributed by atoms with van der Waals surface area (Å²) in [7, 11) is 0. The maximum Gasteiger partial charge on any atom is 0.128 e. The van der Waals surface area contributed by atoms with Crippen molar-refractivity contribution in [2.75, 3.05) is 0 Å². The lowest BCUT2D eigenvalue weighted by atomic mass is 10.3. The van der Waals surface area contributed by atoms with Crippen LogP contribution in [0.5, 0.6) is 0 Å². The summed E-state index contributed by atoms with van der Waals surface area (Å²) in [6.45, 7) is 4.71. The monoisotopic (exact) mass is 251 g/mol. The molecule has 0 aliphatic carbocycles. The Morgan fingerprint density at radius 1 is 1.22 bits per heavy atom. The van der Waals surface area contributed by atoms with E-state index in [4.69, 9.17) is 0 Å². The van der Waals surface area contributed by atoms with Crippen LogP contribution in [-0.4, -0.2) is 15.6 Å². The number of hydrogen-bond acceptors (Lipinski definition) is 2. The fourth-order valence-corrected chi connectivity index (χ4v) is 1.59. The summed E-state index contributed by atoms with van der Waals surface area (Å²) >= 11 is 0. The first-order valence-corrected chi connectivity index (χ1v) is 5.77. The van der Waals surface area contributed by atoms with E-state index < -0.39 is 11.6 Å². The Morgan fingerprint density at radius 2 is 1.89 bits per heavy atom. The Morgan fingerprint density at radius 3 is 2.50 bits per heavy atom. The fourth-order valence-electron chi connectivity index (χ4n) is 1.59. The van der Waals surface area contributed by atoms with Crippen molar-refractivity contribution in [2.45, 2.75) is 26.4 Å². The molecule has 0 bridgehead atoms. The molecule has 0 saturated heterocycles. The van der Waals surface area contributed by atoms with Crippen LogP contribution in [0.4, 0.5) is 8.78 Å². The Hall–Kier alpha value is -1.75. The molecule has 0 unspecified atom stereocenters.